The molecule has 0 spiro atoms. The molecule has 3 heterocycles. The third kappa shape index (κ3) is 7.02. The highest BCUT2D eigenvalue weighted by Gasteiger charge is 2.34. The quantitative estimate of drug-likeness (QED) is 0.241. The van der Waals surface area contributed by atoms with E-state index in [1.54, 1.807) is 13.3 Å². The van der Waals surface area contributed by atoms with Gasteiger partial charge in [-0.15, -0.1) is 0 Å². The van der Waals surface area contributed by atoms with Gasteiger partial charge in [0.25, 0.3) is 5.91 Å². The number of carbonyl (C=O) groups excluding carboxylic acids is 1. The fourth-order valence-electron chi connectivity index (χ4n) is 5.84. The summed E-state index contributed by atoms with van der Waals surface area (Å²) in [7, 11) is 1.65. The minimum absolute atomic E-state index is 0.00780. The third-order valence-electron chi connectivity index (χ3n) is 8.31. The Morgan fingerprint density at radius 3 is 2.33 bits per heavy atom. The second-order valence-corrected chi connectivity index (χ2v) is 11.7. The summed E-state index contributed by atoms with van der Waals surface area (Å²) in [6.45, 7) is 4.80. The number of benzene rings is 3. The molecule has 2 aliphatic heterocycles. The van der Waals surface area contributed by atoms with Crippen molar-refractivity contribution in [3.63, 3.8) is 0 Å². The molecule has 0 aliphatic carbocycles. The normalized spacial score (nSPS) is 15.4. The first-order valence-electron chi connectivity index (χ1n) is 14.8. The van der Waals surface area contributed by atoms with E-state index in [-0.39, 0.29) is 23.0 Å². The number of piperazine rings is 1. The predicted octanol–water partition coefficient (Wildman–Crippen LogP) is 6.82. The number of nitrogens with one attached hydrogen (secondary N) is 1. The number of ether oxygens (including phenoxy) is 1. The standard InChI is InChI=1S/C34H33ClF3N5O2/c1-45-29-9-2-23(3-10-29)21-41-14-16-42(17-15-41)33(44)25-6-4-24(5-7-25)26-19-31-32(40-20-26)39-12-13-43(31)22-27-18-28(35)8-11-30(27)34(36,37)38/h2-11,18-20H,12-17,21-22H2,1H3,(H,39,40). The van der Waals surface area contributed by atoms with Crippen LogP contribution in [0.25, 0.3) is 11.1 Å². The van der Waals surface area contributed by atoms with E-state index in [1.807, 2.05) is 52.3 Å². The van der Waals surface area contributed by atoms with E-state index in [1.165, 1.54) is 17.7 Å². The molecule has 1 fully saturated rings. The number of methoxy groups -OCH3 is 1. The predicted molar refractivity (Wildman–Crippen MR) is 170 cm³/mol. The molecule has 1 aromatic heterocycles. The first kappa shape index (κ1) is 30.7. The minimum atomic E-state index is -4.49. The molecule has 7 nitrogen and oxygen atoms in total. The number of pyridine rings is 1. The highest BCUT2D eigenvalue weighted by molar-refractivity contribution is 6.30. The van der Waals surface area contributed by atoms with Crippen LogP contribution in [0.1, 0.15) is 27.0 Å². The molecule has 6 rings (SSSR count). The number of amides is 1. The lowest BCUT2D eigenvalue weighted by molar-refractivity contribution is -0.138. The molecule has 1 amide bonds. The summed E-state index contributed by atoms with van der Waals surface area (Å²) >= 11 is 6.08. The SMILES string of the molecule is COc1ccc(CN2CCN(C(=O)c3ccc(-c4cnc5c(c4)N(Cc4cc(Cl)ccc4C(F)(F)F)CCN5)cc3)CC2)cc1. The fourth-order valence-corrected chi connectivity index (χ4v) is 6.04. The summed E-state index contributed by atoms with van der Waals surface area (Å²) in [5, 5.41) is 3.49. The highest BCUT2D eigenvalue weighted by Crippen LogP contribution is 2.37. The van der Waals surface area contributed by atoms with Gasteiger partial charge < -0.3 is 19.9 Å². The number of fused-ring (bicyclic) bond motifs is 1. The maximum Gasteiger partial charge on any atom is 0.416 e. The van der Waals surface area contributed by atoms with Crippen LogP contribution in [0.3, 0.4) is 0 Å². The number of alkyl halides is 3. The van der Waals surface area contributed by atoms with Crippen LogP contribution in [-0.4, -0.2) is 67.1 Å². The number of halogens is 4. The van der Waals surface area contributed by atoms with Gasteiger partial charge in [0.15, 0.2) is 0 Å². The number of hydrogen-bond donors (Lipinski definition) is 1. The van der Waals surface area contributed by atoms with Gasteiger partial charge in [-0.25, -0.2) is 4.98 Å². The zero-order chi connectivity index (χ0) is 31.6. The lowest BCUT2D eigenvalue weighted by Gasteiger charge is -2.34. The molecule has 0 radical (unpaired) electrons. The number of anilines is 2. The van der Waals surface area contributed by atoms with Gasteiger partial charge in [-0.05, 0) is 65.2 Å². The van der Waals surface area contributed by atoms with Crippen molar-refractivity contribution in [3.05, 3.63) is 106 Å². The zero-order valence-electron chi connectivity index (χ0n) is 24.8. The van der Waals surface area contributed by atoms with Crippen molar-refractivity contribution < 1.29 is 22.7 Å². The molecule has 11 heteroatoms. The molecule has 234 valence electrons. The van der Waals surface area contributed by atoms with Crippen molar-refractivity contribution >= 4 is 29.0 Å². The largest absolute Gasteiger partial charge is 0.497 e. The monoisotopic (exact) mass is 635 g/mol. The molecule has 0 atom stereocenters. The maximum absolute atomic E-state index is 13.7. The summed E-state index contributed by atoms with van der Waals surface area (Å²) in [4.78, 5) is 24.0. The van der Waals surface area contributed by atoms with Gasteiger partial charge in [0.2, 0.25) is 0 Å². The highest BCUT2D eigenvalue weighted by atomic mass is 35.5. The van der Waals surface area contributed by atoms with Crippen LogP contribution >= 0.6 is 11.6 Å². The van der Waals surface area contributed by atoms with Crippen LogP contribution in [-0.2, 0) is 19.3 Å². The summed E-state index contributed by atoms with van der Waals surface area (Å²) in [5.74, 6) is 1.43. The fraction of sp³-hybridized carbons (Fsp3) is 0.294. The first-order valence-corrected chi connectivity index (χ1v) is 15.2. The Labute approximate surface area is 265 Å². The number of aromatic nitrogens is 1. The third-order valence-corrected chi connectivity index (χ3v) is 8.54. The lowest BCUT2D eigenvalue weighted by Crippen LogP contribution is -2.48. The second-order valence-electron chi connectivity index (χ2n) is 11.2. The van der Waals surface area contributed by atoms with E-state index in [9.17, 15) is 18.0 Å². The van der Waals surface area contributed by atoms with Gasteiger partial charge in [0.05, 0.1) is 18.4 Å². The average molecular weight is 636 g/mol. The second kappa shape index (κ2) is 13.0. The Kier molecular flexibility index (Phi) is 8.87. The number of hydrogen-bond acceptors (Lipinski definition) is 6. The average Bonchev–Trinajstić information content (AvgIpc) is 3.05. The minimum Gasteiger partial charge on any atom is -0.497 e. The first-order chi connectivity index (χ1) is 21.7. The number of nitrogens with zero attached hydrogens (tertiary/aromatic N) is 4. The number of carbonyl (C=O) groups is 1. The van der Waals surface area contributed by atoms with Gasteiger partial charge in [-0.3, -0.25) is 9.69 Å². The van der Waals surface area contributed by atoms with Crippen molar-refractivity contribution in [2.24, 2.45) is 0 Å². The van der Waals surface area contributed by atoms with E-state index in [4.69, 9.17) is 16.3 Å². The van der Waals surface area contributed by atoms with Crippen LogP contribution in [0.15, 0.2) is 79.0 Å². The van der Waals surface area contributed by atoms with E-state index >= 15 is 0 Å². The van der Waals surface area contributed by atoms with Crippen molar-refractivity contribution in [3.8, 4) is 16.9 Å². The Hall–Kier alpha value is -4.28. The van der Waals surface area contributed by atoms with Crippen molar-refractivity contribution in [2.75, 3.05) is 56.6 Å². The molecule has 0 saturated carbocycles. The van der Waals surface area contributed by atoms with Gasteiger partial charge in [0, 0.05) is 74.7 Å². The van der Waals surface area contributed by atoms with Crippen LogP contribution in [0.4, 0.5) is 24.7 Å². The van der Waals surface area contributed by atoms with Crippen LogP contribution in [0.5, 0.6) is 5.75 Å². The van der Waals surface area contributed by atoms with E-state index in [2.05, 4.69) is 27.3 Å². The Morgan fingerprint density at radius 2 is 1.64 bits per heavy atom. The van der Waals surface area contributed by atoms with E-state index in [0.29, 0.717) is 43.2 Å². The van der Waals surface area contributed by atoms with Crippen molar-refractivity contribution in [1.29, 1.82) is 0 Å². The summed E-state index contributed by atoms with van der Waals surface area (Å²) < 4.78 is 46.4. The number of rotatable bonds is 7. The molecule has 0 unspecified atom stereocenters. The maximum atomic E-state index is 13.7. The van der Waals surface area contributed by atoms with Crippen molar-refractivity contribution in [2.45, 2.75) is 19.3 Å². The smallest absolute Gasteiger partial charge is 0.416 e. The van der Waals surface area contributed by atoms with Crippen molar-refractivity contribution in [1.82, 2.24) is 14.8 Å². The zero-order valence-corrected chi connectivity index (χ0v) is 25.5. The van der Waals surface area contributed by atoms with Crippen LogP contribution in [0.2, 0.25) is 5.02 Å². The van der Waals surface area contributed by atoms with E-state index in [0.717, 1.165) is 42.6 Å². The molecule has 1 saturated heterocycles. The lowest BCUT2D eigenvalue weighted by atomic mass is 10.0. The summed E-state index contributed by atoms with van der Waals surface area (Å²) in [6.07, 6.45) is -2.75. The topological polar surface area (TPSA) is 60.9 Å². The molecule has 4 aromatic rings. The van der Waals surface area contributed by atoms with Crippen LogP contribution < -0.4 is 15.0 Å². The van der Waals surface area contributed by atoms with Gasteiger partial charge in [0.1, 0.15) is 11.6 Å². The molecule has 2 aliphatic rings. The Balaban J connectivity index is 1.12. The summed E-state index contributed by atoms with van der Waals surface area (Å²) in [6, 6.07) is 21.0. The molecule has 3 aromatic carbocycles. The Bertz CT molecular complexity index is 1660. The molecule has 0 bridgehead atoms. The molecular formula is C34H33ClF3N5O2. The summed E-state index contributed by atoms with van der Waals surface area (Å²) in [5.41, 5.74) is 3.59. The molecular weight excluding hydrogens is 603 g/mol. The Morgan fingerprint density at radius 1 is 0.911 bits per heavy atom. The van der Waals surface area contributed by atoms with E-state index < -0.39 is 11.7 Å². The molecule has 1 N–H and O–H groups in total. The molecule has 45 heavy (non-hydrogen) atoms. The van der Waals surface area contributed by atoms with Crippen LogP contribution in [0, 0.1) is 0 Å². The van der Waals surface area contributed by atoms with Gasteiger partial charge in [-0.2, -0.15) is 13.2 Å². The van der Waals surface area contributed by atoms with Gasteiger partial charge >= 0.3 is 6.18 Å². The van der Waals surface area contributed by atoms with Gasteiger partial charge in [-0.1, -0.05) is 35.9 Å².